The SMILES string of the molecule is CC(C)N1CCN(C(=O)C=O)CC1. The molecule has 0 aromatic rings. The highest BCUT2D eigenvalue weighted by atomic mass is 16.2. The predicted molar refractivity (Wildman–Crippen MR) is 49.4 cm³/mol. The molecule has 13 heavy (non-hydrogen) atoms. The first-order valence-electron chi connectivity index (χ1n) is 4.63. The summed E-state index contributed by atoms with van der Waals surface area (Å²) >= 11 is 0. The Balaban J connectivity index is 2.38. The van der Waals surface area contributed by atoms with Crippen molar-refractivity contribution in [1.29, 1.82) is 0 Å². The number of carbonyl (C=O) groups is 2. The van der Waals surface area contributed by atoms with Crippen LogP contribution in [0.25, 0.3) is 0 Å². The van der Waals surface area contributed by atoms with E-state index in [0.717, 1.165) is 13.1 Å². The zero-order valence-electron chi connectivity index (χ0n) is 8.19. The fraction of sp³-hybridized carbons (Fsp3) is 0.778. The standard InChI is InChI=1S/C9H16N2O2/c1-8(2)10-3-5-11(6-4-10)9(13)7-12/h7-8H,3-6H2,1-2H3. The largest absolute Gasteiger partial charge is 0.334 e. The van der Waals surface area contributed by atoms with E-state index < -0.39 is 0 Å². The van der Waals surface area contributed by atoms with E-state index in [1.54, 1.807) is 4.90 Å². The number of carbonyl (C=O) groups excluding carboxylic acids is 2. The van der Waals surface area contributed by atoms with Crippen molar-refractivity contribution >= 4 is 12.2 Å². The first-order valence-corrected chi connectivity index (χ1v) is 4.63. The molecule has 0 radical (unpaired) electrons. The van der Waals surface area contributed by atoms with Crippen LogP contribution in [0.4, 0.5) is 0 Å². The number of amides is 1. The van der Waals surface area contributed by atoms with Crippen LogP contribution in [0.5, 0.6) is 0 Å². The summed E-state index contributed by atoms with van der Waals surface area (Å²) in [6.45, 7) is 7.37. The average Bonchev–Trinajstić information content (AvgIpc) is 2.17. The number of piperazine rings is 1. The second-order valence-electron chi connectivity index (χ2n) is 3.57. The third-order valence-corrected chi connectivity index (χ3v) is 2.46. The van der Waals surface area contributed by atoms with Crippen LogP contribution in [0.15, 0.2) is 0 Å². The van der Waals surface area contributed by atoms with Crippen molar-refractivity contribution < 1.29 is 9.59 Å². The van der Waals surface area contributed by atoms with Gasteiger partial charge >= 0.3 is 0 Å². The molecule has 1 amide bonds. The van der Waals surface area contributed by atoms with Gasteiger partial charge in [0.2, 0.25) is 6.29 Å². The van der Waals surface area contributed by atoms with Crippen molar-refractivity contribution in [2.45, 2.75) is 19.9 Å². The molecular weight excluding hydrogens is 168 g/mol. The molecule has 0 aliphatic carbocycles. The van der Waals surface area contributed by atoms with Gasteiger partial charge in [-0.3, -0.25) is 14.5 Å². The fourth-order valence-electron chi connectivity index (χ4n) is 1.53. The van der Waals surface area contributed by atoms with E-state index in [4.69, 9.17) is 0 Å². The van der Waals surface area contributed by atoms with Gasteiger partial charge in [-0.05, 0) is 13.8 Å². The Morgan fingerprint density at radius 3 is 2.15 bits per heavy atom. The molecule has 0 spiro atoms. The number of nitrogens with zero attached hydrogens (tertiary/aromatic N) is 2. The zero-order valence-corrected chi connectivity index (χ0v) is 8.19. The maximum Gasteiger partial charge on any atom is 0.286 e. The molecule has 0 bridgehead atoms. The predicted octanol–water partition coefficient (Wildman–Crippen LogP) is -0.262. The number of hydrogen-bond acceptors (Lipinski definition) is 3. The van der Waals surface area contributed by atoms with E-state index in [2.05, 4.69) is 18.7 Å². The summed E-state index contributed by atoms with van der Waals surface area (Å²) in [6.07, 6.45) is 0.394. The molecule has 1 fully saturated rings. The molecule has 0 aromatic carbocycles. The summed E-state index contributed by atoms with van der Waals surface area (Å²) < 4.78 is 0. The first kappa shape index (κ1) is 10.2. The topological polar surface area (TPSA) is 40.6 Å². The molecule has 0 saturated carbocycles. The molecule has 4 nitrogen and oxygen atoms in total. The summed E-state index contributed by atoms with van der Waals surface area (Å²) in [6, 6.07) is 0.522. The van der Waals surface area contributed by atoms with Crippen LogP contribution in [0.2, 0.25) is 0 Å². The lowest BCUT2D eigenvalue weighted by atomic mass is 10.2. The first-order chi connectivity index (χ1) is 6.15. The minimum Gasteiger partial charge on any atom is -0.334 e. The van der Waals surface area contributed by atoms with E-state index in [1.165, 1.54) is 0 Å². The average molecular weight is 184 g/mol. The van der Waals surface area contributed by atoms with Gasteiger partial charge in [-0.25, -0.2) is 0 Å². The summed E-state index contributed by atoms with van der Waals surface area (Å²) in [7, 11) is 0. The molecule has 1 rings (SSSR count). The smallest absolute Gasteiger partial charge is 0.286 e. The second kappa shape index (κ2) is 4.37. The van der Waals surface area contributed by atoms with Crippen LogP contribution in [-0.2, 0) is 9.59 Å². The van der Waals surface area contributed by atoms with Gasteiger partial charge < -0.3 is 4.90 Å². The van der Waals surface area contributed by atoms with Crippen molar-refractivity contribution in [1.82, 2.24) is 9.80 Å². The minimum absolute atomic E-state index is 0.386. The number of rotatable bonds is 2. The van der Waals surface area contributed by atoms with Gasteiger partial charge in [0.1, 0.15) is 0 Å². The summed E-state index contributed by atoms with van der Waals surface area (Å²) in [4.78, 5) is 25.1. The van der Waals surface area contributed by atoms with Crippen molar-refractivity contribution in [2.24, 2.45) is 0 Å². The van der Waals surface area contributed by atoms with Crippen molar-refractivity contribution in [3.05, 3.63) is 0 Å². The Morgan fingerprint density at radius 1 is 1.23 bits per heavy atom. The molecule has 0 N–H and O–H groups in total. The molecular formula is C9H16N2O2. The quantitative estimate of drug-likeness (QED) is 0.438. The second-order valence-corrected chi connectivity index (χ2v) is 3.57. The Hall–Kier alpha value is -0.900. The van der Waals surface area contributed by atoms with Crippen LogP contribution in [0, 0.1) is 0 Å². The van der Waals surface area contributed by atoms with Gasteiger partial charge in [0.15, 0.2) is 0 Å². The Kier molecular flexibility index (Phi) is 3.42. The molecule has 1 heterocycles. The van der Waals surface area contributed by atoms with Gasteiger partial charge in [-0.1, -0.05) is 0 Å². The lowest BCUT2D eigenvalue weighted by Gasteiger charge is -2.36. The van der Waals surface area contributed by atoms with Crippen LogP contribution in [0.3, 0.4) is 0 Å². The van der Waals surface area contributed by atoms with Gasteiger partial charge in [0.05, 0.1) is 0 Å². The highest BCUT2D eigenvalue weighted by molar-refractivity contribution is 6.23. The van der Waals surface area contributed by atoms with Crippen molar-refractivity contribution in [2.75, 3.05) is 26.2 Å². The third kappa shape index (κ3) is 2.52. The van der Waals surface area contributed by atoms with Gasteiger partial charge in [0, 0.05) is 32.2 Å². The maximum atomic E-state index is 11.0. The van der Waals surface area contributed by atoms with Crippen LogP contribution in [-0.4, -0.2) is 54.2 Å². The molecule has 0 atom stereocenters. The Labute approximate surface area is 78.5 Å². The van der Waals surface area contributed by atoms with Gasteiger partial charge in [0.25, 0.3) is 5.91 Å². The maximum absolute atomic E-state index is 11.0. The van der Waals surface area contributed by atoms with E-state index in [1.807, 2.05) is 0 Å². The summed E-state index contributed by atoms with van der Waals surface area (Å²) in [5.41, 5.74) is 0. The summed E-state index contributed by atoms with van der Waals surface area (Å²) in [5, 5.41) is 0. The van der Waals surface area contributed by atoms with Crippen LogP contribution >= 0.6 is 0 Å². The number of hydrogen-bond donors (Lipinski definition) is 0. The lowest BCUT2D eigenvalue weighted by Crippen LogP contribution is -2.51. The normalized spacial score (nSPS) is 19.2. The van der Waals surface area contributed by atoms with Crippen molar-refractivity contribution in [3.8, 4) is 0 Å². The van der Waals surface area contributed by atoms with E-state index in [0.29, 0.717) is 25.4 Å². The Bertz CT molecular complexity index is 196. The number of aldehydes is 1. The highest BCUT2D eigenvalue weighted by Crippen LogP contribution is 2.04. The molecule has 1 aliphatic rings. The molecule has 0 aromatic heterocycles. The van der Waals surface area contributed by atoms with E-state index in [9.17, 15) is 9.59 Å². The zero-order chi connectivity index (χ0) is 9.84. The molecule has 1 aliphatic heterocycles. The molecule has 74 valence electrons. The molecule has 4 heteroatoms. The monoisotopic (exact) mass is 184 g/mol. The third-order valence-electron chi connectivity index (χ3n) is 2.46. The van der Waals surface area contributed by atoms with Crippen molar-refractivity contribution in [3.63, 3.8) is 0 Å². The van der Waals surface area contributed by atoms with Crippen LogP contribution in [0.1, 0.15) is 13.8 Å². The van der Waals surface area contributed by atoms with E-state index in [-0.39, 0.29) is 5.91 Å². The fourth-order valence-corrected chi connectivity index (χ4v) is 1.53. The lowest BCUT2D eigenvalue weighted by molar-refractivity contribution is -0.140. The van der Waals surface area contributed by atoms with Gasteiger partial charge in [-0.2, -0.15) is 0 Å². The Morgan fingerprint density at radius 2 is 1.77 bits per heavy atom. The highest BCUT2D eigenvalue weighted by Gasteiger charge is 2.21. The summed E-state index contributed by atoms with van der Waals surface area (Å²) in [5.74, 6) is -0.386. The van der Waals surface area contributed by atoms with E-state index >= 15 is 0 Å². The molecule has 0 unspecified atom stereocenters. The molecule has 1 saturated heterocycles. The van der Waals surface area contributed by atoms with Crippen LogP contribution < -0.4 is 0 Å². The van der Waals surface area contributed by atoms with Gasteiger partial charge in [-0.15, -0.1) is 0 Å². The minimum atomic E-state index is -0.386.